The van der Waals surface area contributed by atoms with Gasteiger partial charge in [-0.25, -0.2) is 0 Å². The Kier molecular flexibility index (Phi) is 4.79. The van der Waals surface area contributed by atoms with Crippen LogP contribution in [0.2, 0.25) is 0 Å². The summed E-state index contributed by atoms with van der Waals surface area (Å²) in [6, 6.07) is 11.6. The molecule has 0 aliphatic rings. The fraction of sp³-hybridized carbons (Fsp3) is 0.0667. The molecule has 0 bridgehead atoms. The van der Waals surface area contributed by atoms with E-state index in [2.05, 4.69) is 27.9 Å². The number of nitrogens with two attached hydrogens (primary N) is 1. The number of primary amides is 1. The summed E-state index contributed by atoms with van der Waals surface area (Å²) in [5.74, 6) is -0.0924. The first kappa shape index (κ1) is 15.3. The van der Waals surface area contributed by atoms with Gasteiger partial charge in [-0.05, 0) is 59.0 Å². The van der Waals surface area contributed by atoms with Crippen LogP contribution in [0.4, 0.5) is 5.69 Å². The average molecular weight is 396 g/mol. The largest absolute Gasteiger partial charge is 0.496 e. The molecule has 0 heterocycles. The van der Waals surface area contributed by atoms with Gasteiger partial charge < -0.3 is 15.8 Å². The van der Waals surface area contributed by atoms with Crippen LogP contribution in [0.15, 0.2) is 42.5 Å². The lowest BCUT2D eigenvalue weighted by Gasteiger charge is -2.08. The Balaban J connectivity index is 2.20. The first-order valence-corrected chi connectivity index (χ1v) is 7.14. The van der Waals surface area contributed by atoms with E-state index in [0.717, 1.165) is 3.57 Å². The third-order valence-corrected chi connectivity index (χ3v) is 3.66. The van der Waals surface area contributed by atoms with Crippen LogP contribution >= 0.6 is 22.6 Å². The summed E-state index contributed by atoms with van der Waals surface area (Å²) < 4.78 is 5.99. The van der Waals surface area contributed by atoms with Crippen molar-refractivity contribution in [3.8, 4) is 5.75 Å². The summed E-state index contributed by atoms with van der Waals surface area (Å²) in [5, 5.41) is 2.73. The molecule has 0 saturated heterocycles. The number of anilines is 1. The minimum atomic E-state index is -0.537. The molecule has 0 atom stereocenters. The van der Waals surface area contributed by atoms with Crippen molar-refractivity contribution in [2.45, 2.75) is 0 Å². The van der Waals surface area contributed by atoms with Crippen LogP contribution in [0.3, 0.4) is 0 Å². The number of hydrogen-bond acceptors (Lipinski definition) is 3. The SMILES string of the molecule is COc1ccc(C(=O)Nc2cccc(C(N)=O)c2)cc1I. The standard InChI is InChI=1S/C15H13IN2O3/c1-21-13-6-5-10(8-12(13)16)15(20)18-11-4-2-3-9(7-11)14(17)19/h2-8H,1H3,(H2,17,19)(H,18,20). The summed E-state index contributed by atoms with van der Waals surface area (Å²) in [6.45, 7) is 0. The Morgan fingerprint density at radius 2 is 1.90 bits per heavy atom. The molecule has 0 saturated carbocycles. The highest BCUT2D eigenvalue weighted by molar-refractivity contribution is 14.1. The number of ether oxygens (including phenoxy) is 1. The first-order valence-electron chi connectivity index (χ1n) is 6.06. The van der Waals surface area contributed by atoms with Crippen LogP contribution in [-0.4, -0.2) is 18.9 Å². The third-order valence-electron chi connectivity index (χ3n) is 2.82. The lowest BCUT2D eigenvalue weighted by Crippen LogP contribution is -2.14. The topological polar surface area (TPSA) is 81.4 Å². The molecule has 2 rings (SSSR count). The van der Waals surface area contributed by atoms with E-state index in [0.29, 0.717) is 22.6 Å². The number of benzene rings is 2. The molecular formula is C15H13IN2O3. The van der Waals surface area contributed by atoms with Crippen molar-refractivity contribution in [3.63, 3.8) is 0 Å². The fourth-order valence-electron chi connectivity index (χ4n) is 1.76. The molecule has 2 aromatic rings. The molecule has 2 amide bonds. The number of hydrogen-bond donors (Lipinski definition) is 2. The van der Waals surface area contributed by atoms with Gasteiger partial charge in [0.2, 0.25) is 5.91 Å². The van der Waals surface area contributed by atoms with E-state index in [4.69, 9.17) is 10.5 Å². The van der Waals surface area contributed by atoms with Crippen molar-refractivity contribution < 1.29 is 14.3 Å². The molecular weight excluding hydrogens is 383 g/mol. The minimum absolute atomic E-state index is 0.266. The molecule has 3 N–H and O–H groups in total. The zero-order valence-electron chi connectivity index (χ0n) is 11.2. The van der Waals surface area contributed by atoms with Crippen molar-refractivity contribution in [2.75, 3.05) is 12.4 Å². The second-order valence-corrected chi connectivity index (χ2v) is 5.41. The van der Waals surface area contributed by atoms with Crippen LogP contribution in [0.5, 0.6) is 5.75 Å². The molecule has 0 fully saturated rings. The van der Waals surface area contributed by atoms with Crippen LogP contribution < -0.4 is 15.8 Å². The summed E-state index contributed by atoms with van der Waals surface area (Å²) in [5.41, 5.74) is 6.57. The quantitative estimate of drug-likeness (QED) is 0.780. The molecule has 0 radical (unpaired) electrons. The van der Waals surface area contributed by atoms with E-state index in [-0.39, 0.29) is 5.91 Å². The molecule has 5 nitrogen and oxygen atoms in total. The smallest absolute Gasteiger partial charge is 0.255 e. The van der Waals surface area contributed by atoms with Gasteiger partial charge in [0.05, 0.1) is 10.7 Å². The maximum atomic E-state index is 12.2. The predicted octanol–water partition coefficient (Wildman–Crippen LogP) is 2.65. The maximum Gasteiger partial charge on any atom is 0.255 e. The van der Waals surface area contributed by atoms with Crippen molar-refractivity contribution >= 4 is 40.1 Å². The molecule has 21 heavy (non-hydrogen) atoms. The summed E-state index contributed by atoms with van der Waals surface area (Å²) in [6.07, 6.45) is 0. The fourth-order valence-corrected chi connectivity index (χ4v) is 2.50. The van der Waals surface area contributed by atoms with E-state index in [1.807, 2.05) is 0 Å². The average Bonchev–Trinajstić information content (AvgIpc) is 2.47. The number of nitrogens with one attached hydrogen (secondary N) is 1. The van der Waals surface area contributed by atoms with Crippen molar-refractivity contribution in [1.29, 1.82) is 0 Å². The van der Waals surface area contributed by atoms with E-state index in [1.165, 1.54) is 6.07 Å². The Morgan fingerprint density at radius 1 is 1.14 bits per heavy atom. The lowest BCUT2D eigenvalue weighted by atomic mass is 10.1. The van der Waals surface area contributed by atoms with Crippen LogP contribution in [0.25, 0.3) is 0 Å². The molecule has 2 aromatic carbocycles. The van der Waals surface area contributed by atoms with Gasteiger partial charge in [-0.3, -0.25) is 9.59 Å². The Bertz CT molecular complexity index is 701. The molecule has 6 heteroatoms. The second kappa shape index (κ2) is 6.57. The van der Waals surface area contributed by atoms with E-state index in [9.17, 15) is 9.59 Å². The highest BCUT2D eigenvalue weighted by Gasteiger charge is 2.10. The van der Waals surface area contributed by atoms with E-state index in [1.54, 1.807) is 43.5 Å². The molecule has 0 spiro atoms. The van der Waals surface area contributed by atoms with E-state index < -0.39 is 5.91 Å². The summed E-state index contributed by atoms with van der Waals surface area (Å²) in [4.78, 5) is 23.3. The molecule has 108 valence electrons. The third kappa shape index (κ3) is 3.72. The molecule has 0 aliphatic carbocycles. The number of carbonyl (C=O) groups is 2. The van der Waals surface area contributed by atoms with Gasteiger partial charge >= 0.3 is 0 Å². The van der Waals surface area contributed by atoms with Crippen molar-refractivity contribution in [3.05, 3.63) is 57.2 Å². The van der Waals surface area contributed by atoms with Gasteiger partial charge in [0.1, 0.15) is 5.75 Å². The Morgan fingerprint density at radius 3 is 2.52 bits per heavy atom. The number of amides is 2. The summed E-state index contributed by atoms with van der Waals surface area (Å²) >= 11 is 2.10. The number of halogens is 1. The molecule has 0 aliphatic heterocycles. The number of methoxy groups -OCH3 is 1. The van der Waals surface area contributed by atoms with Crippen molar-refractivity contribution in [2.24, 2.45) is 5.73 Å². The summed E-state index contributed by atoms with van der Waals surface area (Å²) in [7, 11) is 1.58. The number of carbonyl (C=O) groups excluding carboxylic acids is 2. The minimum Gasteiger partial charge on any atom is -0.496 e. The van der Waals surface area contributed by atoms with Gasteiger partial charge in [0, 0.05) is 16.8 Å². The second-order valence-electron chi connectivity index (χ2n) is 4.25. The Labute approximate surface area is 135 Å². The lowest BCUT2D eigenvalue weighted by molar-refractivity contribution is 0.0996. The van der Waals surface area contributed by atoms with Crippen LogP contribution in [-0.2, 0) is 0 Å². The maximum absolute atomic E-state index is 12.2. The van der Waals surface area contributed by atoms with Gasteiger partial charge in [-0.1, -0.05) is 6.07 Å². The van der Waals surface area contributed by atoms with Crippen molar-refractivity contribution in [1.82, 2.24) is 0 Å². The van der Waals surface area contributed by atoms with Gasteiger partial charge in [-0.2, -0.15) is 0 Å². The normalized spacial score (nSPS) is 10.0. The first-order chi connectivity index (χ1) is 10.0. The number of rotatable bonds is 4. The Hall–Kier alpha value is -2.09. The highest BCUT2D eigenvalue weighted by Crippen LogP contribution is 2.22. The molecule has 0 aromatic heterocycles. The highest BCUT2D eigenvalue weighted by atomic mass is 127. The van der Waals surface area contributed by atoms with Crippen LogP contribution in [0, 0.1) is 3.57 Å². The monoisotopic (exact) mass is 396 g/mol. The van der Waals surface area contributed by atoms with Gasteiger partial charge in [0.25, 0.3) is 5.91 Å². The van der Waals surface area contributed by atoms with Gasteiger partial charge in [-0.15, -0.1) is 0 Å². The zero-order chi connectivity index (χ0) is 15.4. The van der Waals surface area contributed by atoms with Crippen LogP contribution in [0.1, 0.15) is 20.7 Å². The van der Waals surface area contributed by atoms with Gasteiger partial charge in [0.15, 0.2) is 0 Å². The molecule has 0 unspecified atom stereocenters. The predicted molar refractivity (Wildman–Crippen MR) is 88.6 cm³/mol. The van der Waals surface area contributed by atoms with E-state index >= 15 is 0 Å². The zero-order valence-corrected chi connectivity index (χ0v) is 13.4.